The summed E-state index contributed by atoms with van der Waals surface area (Å²) in [6.07, 6.45) is 3.92. The topological polar surface area (TPSA) is 106 Å². The summed E-state index contributed by atoms with van der Waals surface area (Å²) in [6.45, 7) is 1.23. The first-order valence-electron chi connectivity index (χ1n) is 6.82. The van der Waals surface area contributed by atoms with E-state index in [1.54, 1.807) is 0 Å². The number of hydrogen-bond donors (Lipinski definition) is 2. The van der Waals surface area contributed by atoms with Gasteiger partial charge >= 0.3 is 0 Å². The monoisotopic (exact) mass is 309 g/mol. The van der Waals surface area contributed by atoms with Gasteiger partial charge in [-0.2, -0.15) is 10.2 Å². The minimum Gasteiger partial charge on any atom is -0.394 e. The van der Waals surface area contributed by atoms with Crippen molar-refractivity contribution >= 4 is 23.1 Å². The van der Waals surface area contributed by atoms with E-state index >= 15 is 0 Å². The quantitative estimate of drug-likeness (QED) is 0.801. The van der Waals surface area contributed by atoms with Crippen molar-refractivity contribution in [3.8, 4) is 6.07 Å². The molecule has 0 amide bonds. The number of aromatic nitrogens is 2. The van der Waals surface area contributed by atoms with Gasteiger partial charge in [-0.25, -0.2) is 4.98 Å². The Bertz CT molecular complexity index is 572. The van der Waals surface area contributed by atoms with E-state index in [9.17, 15) is 5.26 Å². The third-order valence-electron chi connectivity index (χ3n) is 4.04. The van der Waals surface area contributed by atoms with Crippen LogP contribution in [0, 0.1) is 11.3 Å². The number of nitrogens with one attached hydrogen (secondary N) is 1. The third-order valence-corrected chi connectivity index (χ3v) is 4.22. The lowest BCUT2D eigenvalue weighted by Crippen LogP contribution is -2.47. The minimum atomic E-state index is -0.744. The van der Waals surface area contributed by atoms with Gasteiger partial charge in [0.05, 0.1) is 31.2 Å². The Labute approximate surface area is 127 Å². The van der Waals surface area contributed by atoms with Crippen LogP contribution in [0.15, 0.2) is 6.20 Å². The maximum absolute atomic E-state index is 9.58. The number of nitrogens with zero attached hydrogens (tertiary/aromatic N) is 3. The van der Waals surface area contributed by atoms with E-state index in [2.05, 4.69) is 21.4 Å². The molecule has 1 aromatic heterocycles. The van der Waals surface area contributed by atoms with Crippen molar-refractivity contribution in [1.82, 2.24) is 9.97 Å². The summed E-state index contributed by atoms with van der Waals surface area (Å²) in [5, 5.41) is 12.8. The molecule has 3 rings (SSSR count). The molecule has 1 aromatic rings. The van der Waals surface area contributed by atoms with Crippen LogP contribution in [0.1, 0.15) is 25.7 Å². The molecule has 1 aliphatic heterocycles. The largest absolute Gasteiger partial charge is 0.394 e. The number of anilines is 2. The SMILES string of the molecule is N#CC1(Nc2nc(Cl)ncc2N)CCC2(CC1)OCCO2. The van der Waals surface area contributed by atoms with E-state index < -0.39 is 11.3 Å². The van der Waals surface area contributed by atoms with Crippen LogP contribution in [0.3, 0.4) is 0 Å². The van der Waals surface area contributed by atoms with Crippen LogP contribution in [0.2, 0.25) is 5.28 Å². The van der Waals surface area contributed by atoms with Crippen LogP contribution in [-0.4, -0.2) is 34.5 Å². The predicted molar refractivity (Wildman–Crippen MR) is 76.5 cm³/mol. The summed E-state index contributed by atoms with van der Waals surface area (Å²) in [5.74, 6) is -0.127. The van der Waals surface area contributed by atoms with Gasteiger partial charge in [0.15, 0.2) is 11.6 Å². The second kappa shape index (κ2) is 5.30. The molecule has 3 N–H and O–H groups in total. The van der Waals surface area contributed by atoms with Crippen molar-refractivity contribution in [2.45, 2.75) is 37.0 Å². The van der Waals surface area contributed by atoms with Gasteiger partial charge in [0.25, 0.3) is 0 Å². The molecule has 2 aliphatic rings. The Morgan fingerprint density at radius 1 is 1.29 bits per heavy atom. The lowest BCUT2D eigenvalue weighted by atomic mass is 9.79. The van der Waals surface area contributed by atoms with Gasteiger partial charge in [0.1, 0.15) is 5.54 Å². The number of ether oxygens (including phenoxy) is 2. The Hall–Kier alpha value is -1.62. The number of halogens is 1. The molecule has 1 saturated heterocycles. The molecule has 21 heavy (non-hydrogen) atoms. The maximum Gasteiger partial charge on any atom is 0.224 e. The Morgan fingerprint density at radius 2 is 1.95 bits per heavy atom. The van der Waals surface area contributed by atoms with E-state index in [1.165, 1.54) is 6.20 Å². The fourth-order valence-corrected chi connectivity index (χ4v) is 2.94. The molecule has 0 unspecified atom stereocenters. The molecule has 0 aromatic carbocycles. The summed E-state index contributed by atoms with van der Waals surface area (Å²) in [6, 6.07) is 2.34. The van der Waals surface area contributed by atoms with Crippen LogP contribution >= 0.6 is 11.6 Å². The second-order valence-corrected chi connectivity index (χ2v) is 5.71. The van der Waals surface area contributed by atoms with E-state index in [0.29, 0.717) is 50.4 Å². The van der Waals surface area contributed by atoms with E-state index in [4.69, 9.17) is 26.8 Å². The first-order valence-corrected chi connectivity index (χ1v) is 7.20. The molecule has 1 aliphatic carbocycles. The summed E-state index contributed by atoms with van der Waals surface area (Å²) < 4.78 is 11.4. The molecule has 1 spiro atoms. The van der Waals surface area contributed by atoms with Gasteiger partial charge < -0.3 is 20.5 Å². The van der Waals surface area contributed by atoms with Gasteiger partial charge in [-0.3, -0.25) is 0 Å². The molecular formula is C13H16ClN5O2. The van der Waals surface area contributed by atoms with Gasteiger partial charge in [0.2, 0.25) is 5.28 Å². The van der Waals surface area contributed by atoms with Gasteiger partial charge in [-0.1, -0.05) is 0 Å². The number of nitriles is 1. The van der Waals surface area contributed by atoms with Crippen molar-refractivity contribution < 1.29 is 9.47 Å². The normalized spacial score (nSPS) is 22.9. The standard InChI is InChI=1S/C13H16ClN5O2/c14-11-17-7-9(16)10(18-11)19-12(8-15)1-3-13(4-2-12)20-5-6-21-13/h7H,1-6,16H2,(H,17,18,19). The van der Waals surface area contributed by atoms with Crippen LogP contribution < -0.4 is 11.1 Å². The van der Waals surface area contributed by atoms with Crippen LogP contribution in [0.5, 0.6) is 0 Å². The minimum absolute atomic E-state index is 0.0922. The molecule has 112 valence electrons. The lowest BCUT2D eigenvalue weighted by molar-refractivity contribution is -0.180. The highest BCUT2D eigenvalue weighted by Gasteiger charge is 2.47. The number of rotatable bonds is 2. The van der Waals surface area contributed by atoms with Crippen molar-refractivity contribution in [2.24, 2.45) is 0 Å². The first-order chi connectivity index (χ1) is 10.1. The number of nitrogen functional groups attached to an aromatic ring is 1. The summed E-state index contributed by atoms with van der Waals surface area (Å²) in [4.78, 5) is 7.86. The van der Waals surface area contributed by atoms with Gasteiger partial charge in [-0.15, -0.1) is 0 Å². The van der Waals surface area contributed by atoms with Crippen molar-refractivity contribution in [3.05, 3.63) is 11.5 Å². The van der Waals surface area contributed by atoms with Crippen LogP contribution in [0.25, 0.3) is 0 Å². The molecule has 2 heterocycles. The average Bonchev–Trinajstić information content (AvgIpc) is 2.95. The molecule has 0 bridgehead atoms. The highest BCUT2D eigenvalue weighted by molar-refractivity contribution is 6.28. The van der Waals surface area contributed by atoms with Crippen molar-refractivity contribution in [1.29, 1.82) is 5.26 Å². The maximum atomic E-state index is 9.58. The predicted octanol–water partition coefficient (Wildman–Crippen LogP) is 1.70. The fraction of sp³-hybridized carbons (Fsp3) is 0.615. The van der Waals surface area contributed by atoms with Gasteiger partial charge in [-0.05, 0) is 24.4 Å². The average molecular weight is 310 g/mol. The molecule has 2 fully saturated rings. The molecule has 0 atom stereocenters. The lowest BCUT2D eigenvalue weighted by Gasteiger charge is -2.40. The zero-order valence-electron chi connectivity index (χ0n) is 11.4. The van der Waals surface area contributed by atoms with Crippen molar-refractivity contribution in [2.75, 3.05) is 24.3 Å². The first kappa shape index (κ1) is 14.3. The fourth-order valence-electron chi connectivity index (χ4n) is 2.80. The summed E-state index contributed by atoms with van der Waals surface area (Å²) >= 11 is 5.78. The molecule has 0 radical (unpaired) electrons. The summed E-state index contributed by atoms with van der Waals surface area (Å²) in [5.41, 5.74) is 5.45. The third kappa shape index (κ3) is 2.75. The smallest absolute Gasteiger partial charge is 0.224 e. The van der Waals surface area contributed by atoms with E-state index in [1.807, 2.05) is 0 Å². The van der Waals surface area contributed by atoms with Crippen LogP contribution in [0.4, 0.5) is 11.5 Å². The number of hydrogen-bond acceptors (Lipinski definition) is 7. The molecule has 7 nitrogen and oxygen atoms in total. The van der Waals surface area contributed by atoms with Crippen molar-refractivity contribution in [3.63, 3.8) is 0 Å². The zero-order chi connectivity index (χ0) is 14.9. The van der Waals surface area contributed by atoms with E-state index in [-0.39, 0.29) is 5.28 Å². The molecule has 8 heteroatoms. The molecular weight excluding hydrogens is 294 g/mol. The highest BCUT2D eigenvalue weighted by Crippen LogP contribution is 2.41. The van der Waals surface area contributed by atoms with E-state index in [0.717, 1.165) is 0 Å². The Morgan fingerprint density at radius 3 is 2.57 bits per heavy atom. The summed E-state index contributed by atoms with van der Waals surface area (Å²) in [7, 11) is 0. The highest BCUT2D eigenvalue weighted by atomic mass is 35.5. The number of nitrogens with two attached hydrogens (primary N) is 1. The van der Waals surface area contributed by atoms with Gasteiger partial charge in [0, 0.05) is 12.8 Å². The molecule has 1 saturated carbocycles. The van der Waals surface area contributed by atoms with Crippen LogP contribution in [-0.2, 0) is 9.47 Å². The Kier molecular flexibility index (Phi) is 3.61. The Balaban J connectivity index is 1.76. The zero-order valence-corrected chi connectivity index (χ0v) is 12.2. The second-order valence-electron chi connectivity index (χ2n) is 5.37.